The number of aliphatic hydroxyl groups is 2. The summed E-state index contributed by atoms with van der Waals surface area (Å²) in [7, 11) is 0. The lowest BCUT2D eigenvalue weighted by Gasteiger charge is -2.45. The molecule has 3 aromatic rings. The number of nitriles is 1. The minimum atomic E-state index is -1.14. The molecular weight excluding hydrogens is 756 g/mol. The van der Waals surface area contributed by atoms with Gasteiger partial charge in [-0.25, -0.2) is 4.90 Å². The summed E-state index contributed by atoms with van der Waals surface area (Å²) in [6.07, 6.45) is 1.53. The fourth-order valence-electron chi connectivity index (χ4n) is 10.4. The number of piperidine rings is 2. The molecule has 4 unspecified atom stereocenters. The molecule has 3 N–H and O–H groups in total. The van der Waals surface area contributed by atoms with Gasteiger partial charge >= 0.3 is 0 Å². The van der Waals surface area contributed by atoms with E-state index in [-0.39, 0.29) is 30.1 Å². The minimum Gasteiger partial charge on any atom is -0.374 e. The summed E-state index contributed by atoms with van der Waals surface area (Å²) in [4.78, 5) is 50.6. The number of imide groups is 1. The van der Waals surface area contributed by atoms with E-state index in [0.29, 0.717) is 46.8 Å². The third kappa shape index (κ3) is 7.19. The van der Waals surface area contributed by atoms with E-state index in [1.54, 1.807) is 0 Å². The zero-order valence-electron chi connectivity index (χ0n) is 32.9. The Hall–Kier alpha value is -4.71. The minimum absolute atomic E-state index is 0.0849. The first-order valence-corrected chi connectivity index (χ1v) is 21.1. The van der Waals surface area contributed by atoms with E-state index >= 15 is 0 Å². The molecule has 5 saturated heterocycles. The highest BCUT2D eigenvalue weighted by Gasteiger charge is 2.46. The van der Waals surface area contributed by atoms with Gasteiger partial charge in [-0.05, 0) is 92.6 Å². The molecule has 304 valence electrons. The van der Waals surface area contributed by atoms with Gasteiger partial charge in [-0.1, -0.05) is 17.7 Å². The van der Waals surface area contributed by atoms with Gasteiger partial charge in [0, 0.05) is 118 Å². The molecule has 0 saturated carbocycles. The summed E-state index contributed by atoms with van der Waals surface area (Å²) < 4.78 is 0. The Morgan fingerprint density at radius 3 is 2.26 bits per heavy atom. The molecule has 6 aliphatic heterocycles. The second-order valence-electron chi connectivity index (χ2n) is 17.3. The summed E-state index contributed by atoms with van der Waals surface area (Å²) in [5, 5.41) is 34.2. The predicted octanol–water partition coefficient (Wildman–Crippen LogP) is 4.09. The predicted molar refractivity (Wildman–Crippen MR) is 220 cm³/mol. The molecule has 0 radical (unpaired) electrons. The highest BCUT2D eigenvalue weighted by atomic mass is 35.5. The van der Waals surface area contributed by atoms with Gasteiger partial charge in [-0.15, -0.1) is 0 Å². The summed E-state index contributed by atoms with van der Waals surface area (Å²) in [6, 6.07) is 21.4. The molecular formula is C44H51ClN8O5. The van der Waals surface area contributed by atoms with E-state index in [4.69, 9.17) is 11.6 Å². The molecule has 0 aromatic heterocycles. The van der Waals surface area contributed by atoms with Crippen molar-refractivity contribution < 1.29 is 24.6 Å². The molecule has 0 aliphatic carbocycles. The average molecular weight is 807 g/mol. The molecule has 9 rings (SSSR count). The number of piperazine rings is 1. The molecule has 4 atom stereocenters. The summed E-state index contributed by atoms with van der Waals surface area (Å²) >= 11 is 6.38. The Morgan fingerprint density at radius 2 is 1.57 bits per heavy atom. The maximum atomic E-state index is 13.5. The molecule has 14 heteroatoms. The fourth-order valence-corrected chi connectivity index (χ4v) is 10.6. The molecule has 6 heterocycles. The number of halogens is 1. The van der Waals surface area contributed by atoms with Gasteiger partial charge in [0.1, 0.15) is 18.5 Å². The van der Waals surface area contributed by atoms with Crippen LogP contribution < -0.4 is 20.0 Å². The van der Waals surface area contributed by atoms with Crippen molar-refractivity contribution in [3.05, 3.63) is 87.9 Å². The van der Waals surface area contributed by atoms with E-state index < -0.39 is 24.4 Å². The van der Waals surface area contributed by atoms with Crippen LogP contribution in [-0.4, -0.2) is 120 Å². The van der Waals surface area contributed by atoms with Gasteiger partial charge in [0.2, 0.25) is 11.8 Å². The zero-order chi connectivity index (χ0) is 40.3. The van der Waals surface area contributed by atoms with E-state index in [1.165, 1.54) is 4.90 Å². The van der Waals surface area contributed by atoms with Gasteiger partial charge in [0.25, 0.3) is 5.91 Å². The van der Waals surface area contributed by atoms with E-state index in [2.05, 4.69) is 50.0 Å². The number of anilines is 3. The van der Waals surface area contributed by atoms with Gasteiger partial charge in [0.15, 0.2) is 0 Å². The van der Waals surface area contributed by atoms with Crippen molar-refractivity contribution in [2.45, 2.75) is 63.6 Å². The largest absolute Gasteiger partial charge is 0.374 e. The van der Waals surface area contributed by atoms with Crippen LogP contribution in [-0.2, 0) is 9.59 Å². The molecule has 3 amide bonds. The number of rotatable bonds is 7. The number of carbonyl (C=O) groups excluding carboxylic acids is 3. The van der Waals surface area contributed by atoms with Gasteiger partial charge in [-0.2, -0.15) is 5.26 Å². The monoisotopic (exact) mass is 806 g/mol. The van der Waals surface area contributed by atoms with Crippen molar-refractivity contribution in [2.24, 2.45) is 11.3 Å². The van der Waals surface area contributed by atoms with E-state index in [9.17, 15) is 29.9 Å². The number of fused-ring (bicyclic) bond motifs is 1. The molecule has 1 spiro atoms. The van der Waals surface area contributed by atoms with Gasteiger partial charge in [0.05, 0.1) is 16.6 Å². The standard InChI is InChI=1S/C44H51ClN8O5/c1-28-22-44(27-52(28)34-7-4-31(23-46)37(45)21-34)12-14-49(15-13-44)32-5-2-30(3-6-32)41(56)50-18-16-48(17-19-50)24-29-25-51(26-29)33-8-9-35-36(20-33)43(58)53(42(35)57)38-10-11-39(54)47-40(38)55/h2-9,20-21,28-29,38,42-43,57-58H,10-19,22,24-27H2,1H3,(H,47,54,55). The first-order chi connectivity index (χ1) is 28.0. The van der Waals surface area contributed by atoms with Crippen molar-refractivity contribution >= 4 is 46.4 Å². The number of nitrogens with zero attached hydrogens (tertiary/aromatic N) is 7. The number of aliphatic hydroxyl groups excluding tert-OH is 2. The fraction of sp³-hybridized carbons (Fsp3) is 0.500. The van der Waals surface area contributed by atoms with Crippen molar-refractivity contribution in [1.82, 2.24) is 20.0 Å². The van der Waals surface area contributed by atoms with Crippen molar-refractivity contribution in [3.63, 3.8) is 0 Å². The summed E-state index contributed by atoms with van der Waals surface area (Å²) in [5.41, 5.74) is 5.89. The smallest absolute Gasteiger partial charge is 0.253 e. The van der Waals surface area contributed by atoms with Crippen LogP contribution in [0.2, 0.25) is 5.02 Å². The van der Waals surface area contributed by atoms with Crippen molar-refractivity contribution in [3.8, 4) is 6.07 Å². The first-order valence-electron chi connectivity index (χ1n) is 20.7. The molecule has 5 fully saturated rings. The molecule has 58 heavy (non-hydrogen) atoms. The van der Waals surface area contributed by atoms with E-state index in [1.807, 2.05) is 53.4 Å². The van der Waals surface area contributed by atoms with Crippen LogP contribution in [0.5, 0.6) is 0 Å². The lowest BCUT2D eigenvalue weighted by molar-refractivity contribution is -0.154. The molecule has 6 aliphatic rings. The van der Waals surface area contributed by atoms with Crippen LogP contribution in [0.25, 0.3) is 0 Å². The lowest BCUT2D eigenvalue weighted by atomic mass is 9.76. The van der Waals surface area contributed by atoms with Crippen LogP contribution >= 0.6 is 11.6 Å². The number of amides is 3. The van der Waals surface area contributed by atoms with Crippen LogP contribution in [0.3, 0.4) is 0 Å². The quantitative estimate of drug-likeness (QED) is 0.297. The Labute approximate surface area is 344 Å². The third-order valence-corrected chi connectivity index (χ3v) is 14.0. The molecule has 0 bridgehead atoms. The lowest BCUT2D eigenvalue weighted by Crippen LogP contribution is -2.55. The Bertz CT molecular complexity index is 2120. The van der Waals surface area contributed by atoms with Crippen LogP contribution in [0.15, 0.2) is 60.7 Å². The third-order valence-electron chi connectivity index (χ3n) is 13.7. The van der Waals surface area contributed by atoms with E-state index in [0.717, 1.165) is 94.2 Å². The van der Waals surface area contributed by atoms with Crippen LogP contribution in [0.1, 0.15) is 78.5 Å². The van der Waals surface area contributed by atoms with Crippen LogP contribution in [0.4, 0.5) is 17.1 Å². The van der Waals surface area contributed by atoms with Gasteiger partial charge in [-0.3, -0.25) is 24.6 Å². The second kappa shape index (κ2) is 15.5. The zero-order valence-corrected chi connectivity index (χ0v) is 33.7. The first kappa shape index (κ1) is 38.8. The normalized spacial score (nSPS) is 26.5. The molecule has 3 aromatic carbocycles. The summed E-state index contributed by atoms with van der Waals surface area (Å²) in [5.74, 6) is -0.254. The van der Waals surface area contributed by atoms with Crippen molar-refractivity contribution in [2.75, 3.05) is 80.1 Å². The number of hydrogen-bond donors (Lipinski definition) is 3. The Balaban J connectivity index is 0.719. The second-order valence-corrected chi connectivity index (χ2v) is 17.7. The highest BCUT2D eigenvalue weighted by Crippen LogP contribution is 2.47. The number of benzene rings is 3. The molecule has 13 nitrogen and oxygen atoms in total. The number of hydrogen-bond acceptors (Lipinski definition) is 11. The topological polar surface area (TPSA) is 147 Å². The van der Waals surface area contributed by atoms with Gasteiger partial charge < -0.3 is 29.8 Å². The Morgan fingerprint density at radius 1 is 0.879 bits per heavy atom. The summed E-state index contributed by atoms with van der Waals surface area (Å²) in [6.45, 7) is 11.0. The SMILES string of the molecule is CC1CC2(CCN(c3ccc(C(=O)N4CCN(CC5CN(c6ccc7c(c6)C(O)N(C6CCC(=O)NC6=O)C7O)C5)CC4)cc3)CC2)CN1c1ccc(C#N)c(Cl)c1. The highest BCUT2D eigenvalue weighted by molar-refractivity contribution is 6.32. The van der Waals surface area contributed by atoms with Crippen molar-refractivity contribution in [1.29, 1.82) is 5.26 Å². The maximum absolute atomic E-state index is 13.5. The Kier molecular flexibility index (Phi) is 10.3. The maximum Gasteiger partial charge on any atom is 0.253 e. The average Bonchev–Trinajstić information content (AvgIpc) is 3.66. The number of carbonyl (C=O) groups is 3. The number of nitrogens with one attached hydrogen (secondary N) is 1. The van der Waals surface area contributed by atoms with Crippen LogP contribution in [0, 0.1) is 22.7 Å².